The molecule has 0 saturated heterocycles. The van der Waals surface area contributed by atoms with Crippen LogP contribution in [0.2, 0.25) is 0 Å². The summed E-state index contributed by atoms with van der Waals surface area (Å²) >= 11 is 0. The van der Waals surface area contributed by atoms with Gasteiger partial charge in [0.1, 0.15) is 12.4 Å². The average Bonchev–Trinajstić information content (AvgIpc) is 2.33. The van der Waals surface area contributed by atoms with E-state index in [-0.39, 0.29) is 12.5 Å². The highest BCUT2D eigenvalue weighted by atomic mass is 19.4. The van der Waals surface area contributed by atoms with Gasteiger partial charge in [-0.15, -0.1) is 0 Å². The molecule has 1 atom stereocenters. The van der Waals surface area contributed by atoms with Gasteiger partial charge in [0.25, 0.3) is 0 Å². The molecule has 1 aliphatic rings. The summed E-state index contributed by atoms with van der Waals surface area (Å²) < 4.78 is 41.4. The van der Waals surface area contributed by atoms with Crippen molar-refractivity contribution in [2.24, 2.45) is 0 Å². The number of fused-ring (bicyclic) bond motifs is 1. The van der Waals surface area contributed by atoms with Crippen LogP contribution in [0.5, 0.6) is 5.75 Å². The topological polar surface area (TPSA) is 21.3 Å². The first kappa shape index (κ1) is 13.2. The molecular formula is C13H16F3NO. The molecule has 0 aromatic heterocycles. The van der Waals surface area contributed by atoms with Crippen LogP contribution >= 0.6 is 0 Å². The molecule has 0 aliphatic carbocycles. The molecule has 0 radical (unpaired) electrons. The number of hydrogen-bond donors (Lipinski definition) is 1. The van der Waals surface area contributed by atoms with Gasteiger partial charge in [-0.05, 0) is 31.0 Å². The quantitative estimate of drug-likeness (QED) is 0.839. The number of ether oxygens (including phenoxy) is 1. The first-order valence-electron chi connectivity index (χ1n) is 6.05. The van der Waals surface area contributed by atoms with E-state index in [1.807, 2.05) is 24.3 Å². The zero-order valence-corrected chi connectivity index (χ0v) is 9.96. The van der Waals surface area contributed by atoms with Gasteiger partial charge in [-0.3, -0.25) is 0 Å². The smallest absolute Gasteiger partial charge is 0.389 e. The van der Waals surface area contributed by atoms with Crippen molar-refractivity contribution in [3.63, 3.8) is 0 Å². The minimum absolute atomic E-state index is 0.105. The Labute approximate surface area is 104 Å². The van der Waals surface area contributed by atoms with E-state index in [1.54, 1.807) is 0 Å². The third-order valence-corrected chi connectivity index (χ3v) is 2.95. The van der Waals surface area contributed by atoms with Crippen molar-refractivity contribution in [2.75, 3.05) is 13.2 Å². The monoisotopic (exact) mass is 259 g/mol. The van der Waals surface area contributed by atoms with Crippen LogP contribution in [0.4, 0.5) is 13.2 Å². The number of benzene rings is 1. The predicted molar refractivity (Wildman–Crippen MR) is 62.7 cm³/mol. The molecule has 18 heavy (non-hydrogen) atoms. The molecule has 0 fully saturated rings. The molecule has 0 saturated carbocycles. The SMILES string of the molecule is FC(F)(F)CCCNC1COc2ccccc2C1. The number of alkyl halides is 3. The normalized spacial score (nSPS) is 19.2. The summed E-state index contributed by atoms with van der Waals surface area (Å²) in [4.78, 5) is 0. The van der Waals surface area contributed by atoms with Crippen molar-refractivity contribution in [3.05, 3.63) is 29.8 Å². The standard InChI is InChI=1S/C13H16F3NO/c14-13(15,16)6-3-7-17-11-8-10-4-1-2-5-12(10)18-9-11/h1-2,4-5,11,17H,3,6-9H2. The Bertz CT molecular complexity index is 392. The summed E-state index contributed by atoms with van der Waals surface area (Å²) in [7, 11) is 0. The fourth-order valence-electron chi connectivity index (χ4n) is 2.05. The number of para-hydroxylation sites is 1. The molecule has 0 bridgehead atoms. The van der Waals surface area contributed by atoms with Gasteiger partial charge in [-0.2, -0.15) is 13.2 Å². The van der Waals surface area contributed by atoms with Crippen LogP contribution in [0.15, 0.2) is 24.3 Å². The zero-order valence-electron chi connectivity index (χ0n) is 9.96. The zero-order chi connectivity index (χ0) is 13.0. The summed E-state index contributed by atoms with van der Waals surface area (Å²) in [6, 6.07) is 7.85. The van der Waals surface area contributed by atoms with Crippen molar-refractivity contribution in [1.82, 2.24) is 5.32 Å². The maximum Gasteiger partial charge on any atom is 0.389 e. The van der Waals surface area contributed by atoms with Crippen molar-refractivity contribution >= 4 is 0 Å². The highest BCUT2D eigenvalue weighted by Crippen LogP contribution is 2.24. The molecule has 100 valence electrons. The van der Waals surface area contributed by atoms with Gasteiger partial charge in [0.05, 0.1) is 0 Å². The van der Waals surface area contributed by atoms with E-state index in [0.717, 1.165) is 17.7 Å². The molecule has 1 aliphatic heterocycles. The maximum absolute atomic E-state index is 12.0. The summed E-state index contributed by atoms with van der Waals surface area (Å²) in [5, 5.41) is 3.11. The van der Waals surface area contributed by atoms with Gasteiger partial charge in [0.15, 0.2) is 0 Å². The molecule has 0 amide bonds. The number of nitrogens with one attached hydrogen (secondary N) is 1. The average molecular weight is 259 g/mol. The maximum atomic E-state index is 12.0. The van der Waals surface area contributed by atoms with Crippen molar-refractivity contribution < 1.29 is 17.9 Å². The molecule has 0 spiro atoms. The summed E-state index contributed by atoms with van der Waals surface area (Å²) in [5.74, 6) is 0.880. The van der Waals surface area contributed by atoms with E-state index in [9.17, 15) is 13.2 Å². The van der Waals surface area contributed by atoms with Crippen LogP contribution < -0.4 is 10.1 Å². The second kappa shape index (κ2) is 5.61. The Hall–Kier alpha value is -1.23. The van der Waals surface area contributed by atoms with E-state index in [4.69, 9.17) is 4.74 Å². The highest BCUT2D eigenvalue weighted by molar-refractivity contribution is 5.35. The van der Waals surface area contributed by atoms with E-state index >= 15 is 0 Å². The van der Waals surface area contributed by atoms with Gasteiger partial charge in [-0.25, -0.2) is 0 Å². The van der Waals surface area contributed by atoms with Crippen molar-refractivity contribution in [3.8, 4) is 5.75 Å². The van der Waals surface area contributed by atoms with E-state index in [1.165, 1.54) is 0 Å². The van der Waals surface area contributed by atoms with Gasteiger partial charge in [0, 0.05) is 12.5 Å². The molecule has 2 rings (SSSR count). The third-order valence-electron chi connectivity index (χ3n) is 2.95. The lowest BCUT2D eigenvalue weighted by Crippen LogP contribution is -2.39. The predicted octanol–water partition coefficient (Wildman–Crippen LogP) is 2.92. The lowest BCUT2D eigenvalue weighted by Gasteiger charge is -2.26. The Morgan fingerprint density at radius 2 is 2.06 bits per heavy atom. The van der Waals surface area contributed by atoms with Crippen LogP contribution in [-0.2, 0) is 6.42 Å². The lowest BCUT2D eigenvalue weighted by molar-refractivity contribution is -0.135. The van der Waals surface area contributed by atoms with Crippen LogP contribution in [0.3, 0.4) is 0 Å². The molecule has 5 heteroatoms. The highest BCUT2D eigenvalue weighted by Gasteiger charge is 2.26. The number of halogens is 3. The fourth-order valence-corrected chi connectivity index (χ4v) is 2.05. The van der Waals surface area contributed by atoms with E-state index in [0.29, 0.717) is 13.2 Å². The molecule has 1 aromatic carbocycles. The van der Waals surface area contributed by atoms with Crippen LogP contribution in [0.25, 0.3) is 0 Å². The lowest BCUT2D eigenvalue weighted by atomic mass is 10.0. The van der Waals surface area contributed by atoms with Crippen LogP contribution in [0.1, 0.15) is 18.4 Å². The van der Waals surface area contributed by atoms with Crippen LogP contribution in [-0.4, -0.2) is 25.4 Å². The summed E-state index contributed by atoms with van der Waals surface area (Å²) in [6.07, 6.45) is -3.87. The molecule has 2 nitrogen and oxygen atoms in total. The number of hydrogen-bond acceptors (Lipinski definition) is 2. The van der Waals surface area contributed by atoms with Crippen molar-refractivity contribution in [1.29, 1.82) is 0 Å². The first-order chi connectivity index (χ1) is 8.54. The Balaban J connectivity index is 1.73. The Morgan fingerprint density at radius 3 is 2.83 bits per heavy atom. The first-order valence-corrected chi connectivity index (χ1v) is 6.05. The number of rotatable bonds is 4. The van der Waals surface area contributed by atoms with Gasteiger partial charge >= 0.3 is 6.18 Å². The van der Waals surface area contributed by atoms with E-state index < -0.39 is 12.6 Å². The Kier molecular flexibility index (Phi) is 4.11. The molecule has 1 N–H and O–H groups in total. The molecule has 1 unspecified atom stereocenters. The molecule has 1 aromatic rings. The summed E-state index contributed by atoms with van der Waals surface area (Å²) in [6.45, 7) is 0.888. The van der Waals surface area contributed by atoms with Gasteiger partial charge in [-0.1, -0.05) is 18.2 Å². The van der Waals surface area contributed by atoms with E-state index in [2.05, 4.69) is 5.32 Å². The van der Waals surface area contributed by atoms with Crippen molar-refractivity contribution in [2.45, 2.75) is 31.5 Å². The van der Waals surface area contributed by atoms with Gasteiger partial charge in [0.2, 0.25) is 0 Å². The second-order valence-corrected chi connectivity index (χ2v) is 4.49. The molecule has 1 heterocycles. The third kappa shape index (κ3) is 3.91. The summed E-state index contributed by atoms with van der Waals surface area (Å²) in [5.41, 5.74) is 1.11. The minimum atomic E-state index is -4.06. The Morgan fingerprint density at radius 1 is 1.28 bits per heavy atom. The minimum Gasteiger partial charge on any atom is -0.492 e. The fraction of sp³-hybridized carbons (Fsp3) is 0.538. The van der Waals surface area contributed by atoms with Crippen LogP contribution in [0, 0.1) is 0 Å². The largest absolute Gasteiger partial charge is 0.492 e. The molecular weight excluding hydrogens is 243 g/mol. The second-order valence-electron chi connectivity index (χ2n) is 4.49. The van der Waals surface area contributed by atoms with Gasteiger partial charge < -0.3 is 10.1 Å².